The maximum absolute atomic E-state index is 14.8. The average molecular weight is 453 g/mol. The molecular formula is C20H22F3N5O4. The van der Waals surface area contributed by atoms with Gasteiger partial charge in [-0.3, -0.25) is 9.79 Å². The van der Waals surface area contributed by atoms with E-state index >= 15 is 0 Å². The van der Waals surface area contributed by atoms with E-state index in [9.17, 15) is 18.0 Å². The molecular weight excluding hydrogens is 431 g/mol. The van der Waals surface area contributed by atoms with Crippen LogP contribution in [0.4, 0.5) is 18.9 Å². The van der Waals surface area contributed by atoms with Gasteiger partial charge in [-0.25, -0.2) is 23.2 Å². The SMILES string of the molecule is C=N/C(=C\N=C(/C)C(=O)Nc1ccc(F)c([C@]2(CF)CC3(COC3)OC(N)=N2)c1)OCF. The Hall–Kier alpha value is -3.41. The number of nitrogens with two attached hydrogens (primary N) is 1. The van der Waals surface area contributed by atoms with E-state index in [2.05, 4.69) is 31.7 Å². The lowest BCUT2D eigenvalue weighted by Crippen LogP contribution is -2.60. The predicted octanol–water partition coefficient (Wildman–Crippen LogP) is 2.34. The van der Waals surface area contributed by atoms with Crippen LogP contribution in [0.15, 0.2) is 45.3 Å². The summed E-state index contributed by atoms with van der Waals surface area (Å²) < 4.78 is 56.4. The van der Waals surface area contributed by atoms with Crippen molar-refractivity contribution in [1.29, 1.82) is 0 Å². The van der Waals surface area contributed by atoms with E-state index in [0.717, 1.165) is 12.3 Å². The van der Waals surface area contributed by atoms with Crippen LogP contribution in [0.25, 0.3) is 0 Å². The van der Waals surface area contributed by atoms with Crippen molar-refractivity contribution >= 4 is 30.0 Å². The molecule has 0 saturated carbocycles. The number of alkyl halides is 2. The summed E-state index contributed by atoms with van der Waals surface area (Å²) in [5, 5.41) is 2.54. The molecule has 1 saturated heterocycles. The van der Waals surface area contributed by atoms with Gasteiger partial charge in [-0.05, 0) is 31.8 Å². The molecule has 1 atom stereocenters. The predicted molar refractivity (Wildman–Crippen MR) is 111 cm³/mol. The molecule has 0 bridgehead atoms. The Morgan fingerprint density at radius 2 is 2.19 bits per heavy atom. The number of rotatable bonds is 8. The Kier molecular flexibility index (Phi) is 6.82. The lowest BCUT2D eigenvalue weighted by atomic mass is 9.78. The van der Waals surface area contributed by atoms with E-state index in [-0.39, 0.29) is 48.5 Å². The molecule has 0 aliphatic carbocycles. The first-order valence-corrected chi connectivity index (χ1v) is 9.46. The minimum Gasteiger partial charge on any atom is -0.454 e. The zero-order valence-electron chi connectivity index (χ0n) is 17.2. The van der Waals surface area contributed by atoms with Gasteiger partial charge in [-0.1, -0.05) is 0 Å². The summed E-state index contributed by atoms with van der Waals surface area (Å²) in [6, 6.07) is 3.43. The molecule has 2 aliphatic heterocycles. The minimum absolute atomic E-state index is 0.0166. The van der Waals surface area contributed by atoms with Gasteiger partial charge in [0.1, 0.15) is 23.7 Å². The molecule has 32 heavy (non-hydrogen) atoms. The van der Waals surface area contributed by atoms with E-state index in [1.54, 1.807) is 0 Å². The summed E-state index contributed by atoms with van der Waals surface area (Å²) in [6.45, 7) is 2.77. The Bertz CT molecular complexity index is 993. The van der Waals surface area contributed by atoms with Crippen LogP contribution in [0.2, 0.25) is 0 Å². The number of amides is 1. The van der Waals surface area contributed by atoms with Gasteiger partial charge in [0.05, 0.1) is 19.4 Å². The largest absolute Gasteiger partial charge is 0.454 e. The van der Waals surface area contributed by atoms with E-state index in [1.165, 1.54) is 19.1 Å². The number of halogens is 3. The topological polar surface area (TPSA) is 120 Å². The van der Waals surface area contributed by atoms with Crippen LogP contribution in [0.1, 0.15) is 18.9 Å². The van der Waals surface area contributed by atoms with Crippen LogP contribution in [0.3, 0.4) is 0 Å². The van der Waals surface area contributed by atoms with Gasteiger partial charge in [-0.15, -0.1) is 0 Å². The third kappa shape index (κ3) is 4.74. The number of nitrogens with one attached hydrogen (secondary N) is 1. The molecule has 0 radical (unpaired) electrons. The molecule has 172 valence electrons. The summed E-state index contributed by atoms with van der Waals surface area (Å²) in [6.07, 6.45) is 1.04. The van der Waals surface area contributed by atoms with Crippen LogP contribution < -0.4 is 11.1 Å². The third-order valence-electron chi connectivity index (χ3n) is 4.99. The Morgan fingerprint density at radius 3 is 2.78 bits per heavy atom. The molecule has 3 rings (SSSR count). The molecule has 1 spiro atoms. The monoisotopic (exact) mass is 453 g/mol. The number of hydrogen-bond acceptors (Lipinski definition) is 8. The van der Waals surface area contributed by atoms with Gasteiger partial charge < -0.3 is 25.3 Å². The molecule has 2 aliphatic rings. The summed E-state index contributed by atoms with van der Waals surface area (Å²) in [5.74, 6) is -1.57. The second-order valence-corrected chi connectivity index (χ2v) is 7.31. The number of benzene rings is 1. The number of carbonyl (C=O) groups is 1. The van der Waals surface area contributed by atoms with Crippen LogP contribution in [0, 0.1) is 5.82 Å². The first kappa shape index (κ1) is 23.3. The fraction of sp³-hybridized carbons (Fsp3) is 0.400. The maximum Gasteiger partial charge on any atom is 0.283 e. The Balaban J connectivity index is 1.86. The van der Waals surface area contributed by atoms with Crippen LogP contribution in [-0.2, 0) is 24.5 Å². The van der Waals surface area contributed by atoms with Crippen LogP contribution in [0.5, 0.6) is 0 Å². The normalized spacial score (nSPS) is 22.4. The molecule has 1 aromatic carbocycles. The van der Waals surface area contributed by atoms with Crippen molar-refractivity contribution in [3.63, 3.8) is 0 Å². The molecule has 12 heteroatoms. The molecule has 1 amide bonds. The van der Waals surface area contributed by atoms with Crippen molar-refractivity contribution < 1.29 is 32.2 Å². The second kappa shape index (κ2) is 9.39. The summed E-state index contributed by atoms with van der Waals surface area (Å²) in [7, 11) is 0. The Morgan fingerprint density at radius 1 is 1.44 bits per heavy atom. The second-order valence-electron chi connectivity index (χ2n) is 7.31. The summed E-state index contributed by atoms with van der Waals surface area (Å²) in [5.41, 5.74) is 3.32. The van der Waals surface area contributed by atoms with Crippen molar-refractivity contribution in [2.75, 3.05) is 32.1 Å². The van der Waals surface area contributed by atoms with Crippen molar-refractivity contribution in [3.05, 3.63) is 41.7 Å². The van der Waals surface area contributed by atoms with Crippen LogP contribution in [-0.4, -0.2) is 56.7 Å². The number of anilines is 1. The van der Waals surface area contributed by atoms with Crippen molar-refractivity contribution in [1.82, 2.24) is 0 Å². The summed E-state index contributed by atoms with van der Waals surface area (Å²) >= 11 is 0. The van der Waals surface area contributed by atoms with Crippen LogP contribution >= 0.6 is 0 Å². The van der Waals surface area contributed by atoms with Gasteiger partial charge in [0.15, 0.2) is 5.60 Å². The number of carbonyl (C=O) groups excluding carboxylic acids is 1. The highest BCUT2D eigenvalue weighted by Crippen LogP contribution is 2.44. The first-order valence-electron chi connectivity index (χ1n) is 9.46. The maximum atomic E-state index is 14.8. The molecule has 9 nitrogen and oxygen atoms in total. The zero-order chi connectivity index (χ0) is 23.4. The Labute approximate surface area is 181 Å². The first-order chi connectivity index (χ1) is 15.3. The molecule has 0 unspecified atom stereocenters. The van der Waals surface area contributed by atoms with Gasteiger partial charge >= 0.3 is 0 Å². The highest BCUT2D eigenvalue weighted by Gasteiger charge is 2.53. The van der Waals surface area contributed by atoms with E-state index in [1.807, 2.05) is 0 Å². The molecule has 0 aromatic heterocycles. The lowest BCUT2D eigenvalue weighted by molar-refractivity contribution is -0.189. The highest BCUT2D eigenvalue weighted by atomic mass is 19.1. The number of aliphatic imine (C=N–C) groups is 3. The van der Waals surface area contributed by atoms with Gasteiger partial charge in [0, 0.05) is 17.7 Å². The zero-order valence-corrected chi connectivity index (χ0v) is 17.2. The molecule has 1 fully saturated rings. The van der Waals surface area contributed by atoms with Crippen molar-refractivity contribution in [2.24, 2.45) is 20.7 Å². The standard InChI is InChI=1S/C20H22F3N5O4/c1-12(26-6-16(25-2)31-11-22)17(29)27-13-3-4-15(23)14(5-13)20(8-21)7-19(9-30-10-19)32-18(24)28-20/h3-6H,2,7-11H2,1H3,(H2,24,28)(H,27,29)/b16-6+,26-12+/t20-/m1/s1. The number of ether oxygens (including phenoxy) is 3. The van der Waals surface area contributed by atoms with Crippen molar-refractivity contribution in [2.45, 2.75) is 24.5 Å². The van der Waals surface area contributed by atoms with Gasteiger partial charge in [0.2, 0.25) is 12.7 Å². The van der Waals surface area contributed by atoms with Gasteiger partial charge in [-0.2, -0.15) is 0 Å². The van der Waals surface area contributed by atoms with Gasteiger partial charge in [0.25, 0.3) is 11.9 Å². The van der Waals surface area contributed by atoms with Crippen molar-refractivity contribution in [3.8, 4) is 0 Å². The molecule has 3 N–H and O–H groups in total. The smallest absolute Gasteiger partial charge is 0.283 e. The van der Waals surface area contributed by atoms with E-state index in [0.29, 0.717) is 0 Å². The number of nitrogens with zero attached hydrogens (tertiary/aromatic N) is 3. The third-order valence-corrected chi connectivity index (χ3v) is 4.99. The molecule has 1 aromatic rings. The highest BCUT2D eigenvalue weighted by molar-refractivity contribution is 6.42. The number of hydrogen-bond donors (Lipinski definition) is 2. The fourth-order valence-corrected chi connectivity index (χ4v) is 3.43. The quantitative estimate of drug-likeness (QED) is 0.463. The minimum atomic E-state index is -1.63. The lowest BCUT2D eigenvalue weighted by Gasteiger charge is -2.48. The molecule has 2 heterocycles. The average Bonchev–Trinajstić information content (AvgIpc) is 2.75. The summed E-state index contributed by atoms with van der Waals surface area (Å²) in [4.78, 5) is 23.7. The van der Waals surface area contributed by atoms with E-state index < -0.39 is 36.4 Å². The van der Waals surface area contributed by atoms with E-state index in [4.69, 9.17) is 15.2 Å². The fourth-order valence-electron chi connectivity index (χ4n) is 3.43. The number of amidine groups is 1.